The summed E-state index contributed by atoms with van der Waals surface area (Å²) < 4.78 is 29.4. The molecule has 0 radical (unpaired) electrons. The summed E-state index contributed by atoms with van der Waals surface area (Å²) in [5, 5.41) is 3.76. The number of nitrogens with zero attached hydrogens (tertiary/aromatic N) is 2. The van der Waals surface area contributed by atoms with Crippen LogP contribution in [-0.2, 0) is 32.6 Å². The Hall–Kier alpha value is -3.85. The maximum Gasteiger partial charge on any atom is 0.264 e. The molecule has 4 aromatic rings. The average Bonchev–Trinajstić information content (AvgIpc) is 3.03. The largest absolute Gasteiger partial charge is 0.354 e. The molecule has 0 fully saturated rings. The van der Waals surface area contributed by atoms with Gasteiger partial charge in [0.2, 0.25) is 11.8 Å². The van der Waals surface area contributed by atoms with Gasteiger partial charge in [0.1, 0.15) is 12.6 Å². The van der Waals surface area contributed by atoms with E-state index in [9.17, 15) is 18.0 Å². The van der Waals surface area contributed by atoms with Gasteiger partial charge in [-0.1, -0.05) is 84.7 Å². The van der Waals surface area contributed by atoms with Crippen molar-refractivity contribution in [3.63, 3.8) is 0 Å². The quantitative estimate of drug-likeness (QED) is 0.167. The molecule has 10 heteroatoms. The van der Waals surface area contributed by atoms with Gasteiger partial charge in [0.15, 0.2) is 0 Å². The van der Waals surface area contributed by atoms with E-state index in [4.69, 9.17) is 23.2 Å². The number of rotatable bonds is 13. The summed E-state index contributed by atoms with van der Waals surface area (Å²) >= 11 is 12.6. The summed E-state index contributed by atoms with van der Waals surface area (Å²) in [7, 11) is -4.23. The molecule has 0 spiro atoms. The highest BCUT2D eigenvalue weighted by Gasteiger charge is 2.35. The number of halogens is 2. The van der Waals surface area contributed by atoms with E-state index in [1.54, 1.807) is 36.4 Å². The molecule has 0 unspecified atom stereocenters. The van der Waals surface area contributed by atoms with Crippen LogP contribution >= 0.6 is 23.2 Å². The van der Waals surface area contributed by atoms with E-state index in [0.29, 0.717) is 34.3 Å². The maximum atomic E-state index is 14.5. The van der Waals surface area contributed by atoms with Crippen molar-refractivity contribution in [3.05, 3.63) is 129 Å². The minimum atomic E-state index is -4.23. The Morgan fingerprint density at radius 2 is 1.51 bits per heavy atom. The van der Waals surface area contributed by atoms with Crippen molar-refractivity contribution in [2.75, 3.05) is 17.4 Å². The first kappa shape index (κ1) is 34.0. The summed E-state index contributed by atoms with van der Waals surface area (Å²) in [6, 6.07) is 26.6. The number of sulfonamides is 1. The van der Waals surface area contributed by atoms with Crippen LogP contribution in [0.2, 0.25) is 10.0 Å². The number of aryl methyl sites for hydroxylation is 2. The van der Waals surface area contributed by atoms with Crippen LogP contribution in [0.4, 0.5) is 5.69 Å². The zero-order valence-electron chi connectivity index (χ0n) is 25.5. The lowest BCUT2D eigenvalue weighted by Crippen LogP contribution is -2.53. The van der Waals surface area contributed by atoms with E-state index >= 15 is 0 Å². The van der Waals surface area contributed by atoms with E-state index in [-0.39, 0.29) is 23.8 Å². The molecule has 0 saturated carbocycles. The first-order valence-corrected chi connectivity index (χ1v) is 16.9. The van der Waals surface area contributed by atoms with Crippen molar-refractivity contribution in [1.82, 2.24) is 10.2 Å². The molecule has 1 atom stereocenters. The molecule has 0 aliphatic heterocycles. The van der Waals surface area contributed by atoms with Crippen LogP contribution in [0.15, 0.2) is 102 Å². The van der Waals surface area contributed by atoms with Crippen LogP contribution in [-0.4, -0.2) is 44.3 Å². The van der Waals surface area contributed by atoms with Gasteiger partial charge in [-0.3, -0.25) is 13.9 Å². The molecule has 1 N–H and O–H groups in total. The SMILES string of the molecule is CCCNC(=O)[C@H](Cc1ccccc1)N(Cc1ccccc1Cl)C(=O)CN(c1ccc(C)c(C)c1)S(=O)(=O)c1ccc(Cl)cc1. The molecule has 0 aliphatic carbocycles. The summed E-state index contributed by atoms with van der Waals surface area (Å²) in [5.41, 5.74) is 3.65. The average molecular weight is 667 g/mol. The lowest BCUT2D eigenvalue weighted by atomic mass is 10.0. The zero-order valence-corrected chi connectivity index (χ0v) is 27.9. The molecule has 7 nitrogen and oxygen atoms in total. The van der Waals surface area contributed by atoms with Gasteiger partial charge in [0.05, 0.1) is 10.6 Å². The molecule has 4 aromatic carbocycles. The van der Waals surface area contributed by atoms with Crippen molar-refractivity contribution in [2.45, 2.75) is 51.1 Å². The highest BCUT2D eigenvalue weighted by atomic mass is 35.5. The molecule has 0 heterocycles. The van der Waals surface area contributed by atoms with Crippen molar-refractivity contribution in [1.29, 1.82) is 0 Å². The van der Waals surface area contributed by atoms with Gasteiger partial charge in [-0.2, -0.15) is 0 Å². The molecule has 0 saturated heterocycles. The highest BCUT2D eigenvalue weighted by Crippen LogP contribution is 2.28. The third-order valence-corrected chi connectivity index (χ3v) is 9.99. The smallest absolute Gasteiger partial charge is 0.264 e. The molecular formula is C35H37Cl2N3O4S. The second-order valence-corrected chi connectivity index (χ2v) is 13.5. The van der Waals surface area contributed by atoms with Crippen molar-refractivity contribution in [2.24, 2.45) is 0 Å². The van der Waals surface area contributed by atoms with E-state index in [1.807, 2.05) is 57.2 Å². The molecule has 236 valence electrons. The zero-order chi connectivity index (χ0) is 32.6. The first-order valence-electron chi connectivity index (χ1n) is 14.7. The fourth-order valence-corrected chi connectivity index (χ4v) is 6.60. The number of carbonyl (C=O) groups is 2. The Morgan fingerprint density at radius 1 is 0.844 bits per heavy atom. The van der Waals surface area contributed by atoms with Crippen molar-refractivity contribution >= 4 is 50.7 Å². The molecule has 0 aliphatic rings. The Balaban J connectivity index is 1.82. The van der Waals surface area contributed by atoms with E-state index in [2.05, 4.69) is 5.32 Å². The molecular weight excluding hydrogens is 629 g/mol. The van der Waals surface area contributed by atoms with Crippen LogP contribution in [0.1, 0.15) is 35.6 Å². The number of nitrogens with one attached hydrogen (secondary N) is 1. The fourth-order valence-electron chi connectivity index (χ4n) is 4.87. The topological polar surface area (TPSA) is 86.8 Å². The van der Waals surface area contributed by atoms with Gasteiger partial charge in [-0.25, -0.2) is 8.42 Å². The molecule has 2 amide bonds. The Kier molecular flexibility index (Phi) is 11.7. The lowest BCUT2D eigenvalue weighted by molar-refractivity contribution is -0.140. The highest BCUT2D eigenvalue weighted by molar-refractivity contribution is 7.92. The third-order valence-electron chi connectivity index (χ3n) is 7.58. The van der Waals surface area contributed by atoms with Gasteiger partial charge in [-0.15, -0.1) is 0 Å². The summed E-state index contributed by atoms with van der Waals surface area (Å²) in [4.78, 5) is 29.7. The Bertz CT molecular complexity index is 1730. The summed E-state index contributed by atoms with van der Waals surface area (Å²) in [6.45, 7) is 5.63. The Labute approximate surface area is 275 Å². The molecule has 45 heavy (non-hydrogen) atoms. The number of benzene rings is 4. The van der Waals surface area contributed by atoms with Crippen LogP contribution in [0.5, 0.6) is 0 Å². The van der Waals surface area contributed by atoms with Crippen molar-refractivity contribution in [3.8, 4) is 0 Å². The van der Waals surface area contributed by atoms with Gasteiger partial charge < -0.3 is 10.2 Å². The van der Waals surface area contributed by atoms with Crippen molar-refractivity contribution < 1.29 is 18.0 Å². The molecule has 0 aromatic heterocycles. The second-order valence-electron chi connectivity index (χ2n) is 10.8. The summed E-state index contributed by atoms with van der Waals surface area (Å²) in [6.07, 6.45) is 0.933. The predicted molar refractivity (Wildman–Crippen MR) is 181 cm³/mol. The number of hydrogen-bond donors (Lipinski definition) is 1. The van der Waals surface area contributed by atoms with Gasteiger partial charge in [0, 0.05) is 29.6 Å². The van der Waals surface area contributed by atoms with Gasteiger partial charge in [0.25, 0.3) is 10.0 Å². The number of amides is 2. The van der Waals surface area contributed by atoms with E-state index in [1.165, 1.54) is 29.2 Å². The number of anilines is 1. The maximum absolute atomic E-state index is 14.5. The predicted octanol–water partition coefficient (Wildman–Crippen LogP) is 6.97. The van der Waals surface area contributed by atoms with E-state index < -0.39 is 28.5 Å². The van der Waals surface area contributed by atoms with Crippen LogP contribution in [0, 0.1) is 13.8 Å². The van der Waals surface area contributed by atoms with Gasteiger partial charge in [-0.05, 0) is 85.0 Å². The second kappa shape index (κ2) is 15.4. The standard InChI is InChI=1S/C35H37Cl2N3O4S/c1-4-20-38-35(42)33(22-27-10-6-5-7-11-27)39(23-28-12-8-9-13-32(28)37)34(41)24-40(30-17-14-25(2)26(3)21-30)45(43,44)31-18-15-29(36)16-19-31/h5-19,21,33H,4,20,22-24H2,1-3H3,(H,38,42)/t33-/m0/s1. The number of carbonyl (C=O) groups excluding carboxylic acids is 2. The first-order chi connectivity index (χ1) is 21.5. The molecule has 4 rings (SSSR count). The fraction of sp³-hybridized carbons (Fsp3) is 0.257. The van der Waals surface area contributed by atoms with Gasteiger partial charge >= 0.3 is 0 Å². The lowest BCUT2D eigenvalue weighted by Gasteiger charge is -2.34. The minimum absolute atomic E-state index is 0.00267. The molecule has 0 bridgehead atoms. The Morgan fingerprint density at radius 3 is 2.16 bits per heavy atom. The normalized spacial score (nSPS) is 11.9. The number of hydrogen-bond acceptors (Lipinski definition) is 4. The van der Waals surface area contributed by atoms with E-state index in [0.717, 1.165) is 21.0 Å². The minimum Gasteiger partial charge on any atom is -0.354 e. The van der Waals surface area contributed by atoms with Crippen LogP contribution in [0.3, 0.4) is 0 Å². The third kappa shape index (κ3) is 8.66. The monoisotopic (exact) mass is 665 g/mol. The van der Waals surface area contributed by atoms with Crippen LogP contribution in [0.25, 0.3) is 0 Å². The summed E-state index contributed by atoms with van der Waals surface area (Å²) in [5.74, 6) is -0.891. The van der Waals surface area contributed by atoms with Crippen LogP contribution < -0.4 is 9.62 Å².